The number of nitrogens with zero attached hydrogens (tertiary/aromatic N) is 2. The van der Waals surface area contributed by atoms with Crippen molar-refractivity contribution in [2.45, 2.75) is 12.8 Å². The number of hydrogen-bond acceptors (Lipinski definition) is 4. The Kier molecular flexibility index (Phi) is 3.25. The number of likely N-dealkylation sites (tertiary alicyclic amines) is 1. The second kappa shape index (κ2) is 4.49. The van der Waals surface area contributed by atoms with E-state index in [1.54, 1.807) is 4.90 Å². The van der Waals surface area contributed by atoms with Crippen LogP contribution in [0.1, 0.15) is 12.8 Å². The molecule has 2 fully saturated rings. The molecule has 2 rings (SSSR count). The predicted octanol–water partition coefficient (Wildman–Crippen LogP) is 0.469. The molecule has 0 aromatic carbocycles. The number of carbonyl (C=O) groups excluding carboxylic acids is 2. The van der Waals surface area contributed by atoms with Gasteiger partial charge in [-0.25, -0.2) is 0 Å². The van der Waals surface area contributed by atoms with Gasteiger partial charge in [0.1, 0.15) is 10.9 Å². The summed E-state index contributed by atoms with van der Waals surface area (Å²) < 4.78 is 0.535. The first-order valence-corrected chi connectivity index (χ1v) is 6.33. The van der Waals surface area contributed by atoms with Crippen molar-refractivity contribution in [3.8, 4) is 0 Å². The molecule has 0 atom stereocenters. The van der Waals surface area contributed by atoms with Gasteiger partial charge in [0.25, 0.3) is 0 Å². The molecule has 15 heavy (non-hydrogen) atoms. The van der Waals surface area contributed by atoms with Crippen LogP contribution in [0, 0.1) is 0 Å². The van der Waals surface area contributed by atoms with Gasteiger partial charge in [-0.05, 0) is 12.8 Å². The summed E-state index contributed by atoms with van der Waals surface area (Å²) in [5.41, 5.74) is 0. The van der Waals surface area contributed by atoms with E-state index in [1.807, 2.05) is 0 Å². The topological polar surface area (TPSA) is 40.6 Å². The summed E-state index contributed by atoms with van der Waals surface area (Å²) in [6.07, 6.45) is 2.14. The van der Waals surface area contributed by atoms with E-state index in [4.69, 9.17) is 12.2 Å². The van der Waals surface area contributed by atoms with Gasteiger partial charge in [0.2, 0.25) is 11.8 Å². The Morgan fingerprint density at radius 2 is 2.07 bits per heavy atom. The van der Waals surface area contributed by atoms with Crippen molar-refractivity contribution < 1.29 is 9.59 Å². The van der Waals surface area contributed by atoms with Crippen molar-refractivity contribution in [1.82, 2.24) is 9.80 Å². The minimum Gasteiger partial charge on any atom is -0.341 e. The molecule has 0 bridgehead atoms. The SMILES string of the molecule is O=C(CN1C(=O)CSC1=S)N1CCCC1. The van der Waals surface area contributed by atoms with Crippen LogP contribution in [0.3, 0.4) is 0 Å². The minimum atomic E-state index is -0.0439. The zero-order valence-corrected chi connectivity index (χ0v) is 9.90. The van der Waals surface area contributed by atoms with Gasteiger partial charge < -0.3 is 4.90 Å². The number of amides is 2. The van der Waals surface area contributed by atoms with Crippen LogP contribution >= 0.6 is 24.0 Å². The number of hydrogen-bond donors (Lipinski definition) is 0. The largest absolute Gasteiger partial charge is 0.341 e. The predicted molar refractivity (Wildman–Crippen MR) is 62.6 cm³/mol. The van der Waals surface area contributed by atoms with Gasteiger partial charge in [-0.15, -0.1) is 0 Å². The average Bonchev–Trinajstić information content (AvgIpc) is 2.82. The van der Waals surface area contributed by atoms with Crippen molar-refractivity contribution in [1.29, 1.82) is 0 Å². The summed E-state index contributed by atoms with van der Waals surface area (Å²) in [5, 5.41) is 0. The molecule has 0 aliphatic carbocycles. The van der Waals surface area contributed by atoms with Crippen LogP contribution in [0.4, 0.5) is 0 Å². The number of carbonyl (C=O) groups is 2. The fourth-order valence-electron chi connectivity index (χ4n) is 1.74. The summed E-state index contributed by atoms with van der Waals surface area (Å²) in [7, 11) is 0. The normalized spacial score (nSPS) is 21.6. The molecule has 0 unspecified atom stereocenters. The first kappa shape index (κ1) is 10.9. The molecule has 2 saturated heterocycles. The first-order valence-electron chi connectivity index (χ1n) is 4.93. The van der Waals surface area contributed by atoms with E-state index in [2.05, 4.69) is 0 Å². The zero-order valence-electron chi connectivity index (χ0n) is 8.27. The summed E-state index contributed by atoms with van der Waals surface area (Å²) in [5.74, 6) is 0.356. The lowest BCUT2D eigenvalue weighted by atomic mass is 10.4. The smallest absolute Gasteiger partial charge is 0.242 e. The van der Waals surface area contributed by atoms with Gasteiger partial charge in [-0.3, -0.25) is 14.5 Å². The maximum Gasteiger partial charge on any atom is 0.242 e. The highest BCUT2D eigenvalue weighted by Gasteiger charge is 2.30. The minimum absolute atomic E-state index is 0.0192. The monoisotopic (exact) mass is 244 g/mol. The second-order valence-electron chi connectivity index (χ2n) is 3.62. The van der Waals surface area contributed by atoms with Crippen LogP contribution in [0.25, 0.3) is 0 Å². The van der Waals surface area contributed by atoms with Crippen LogP contribution in [0.2, 0.25) is 0 Å². The van der Waals surface area contributed by atoms with Gasteiger partial charge in [0, 0.05) is 13.1 Å². The van der Waals surface area contributed by atoms with Crippen molar-refractivity contribution in [2.75, 3.05) is 25.4 Å². The fourth-order valence-corrected chi connectivity index (χ4v) is 2.80. The Bertz CT molecular complexity index is 297. The molecule has 0 aromatic rings. The van der Waals surface area contributed by atoms with Gasteiger partial charge in [0.05, 0.1) is 5.75 Å². The Hall–Kier alpha value is -0.620. The summed E-state index contributed by atoms with van der Waals surface area (Å²) >= 11 is 6.34. The Morgan fingerprint density at radius 3 is 2.60 bits per heavy atom. The van der Waals surface area contributed by atoms with Gasteiger partial charge in [-0.1, -0.05) is 24.0 Å². The van der Waals surface area contributed by atoms with Crippen LogP contribution in [0.5, 0.6) is 0 Å². The Balaban J connectivity index is 1.93. The molecule has 2 aliphatic rings. The lowest BCUT2D eigenvalue weighted by Gasteiger charge is -2.20. The fraction of sp³-hybridized carbons (Fsp3) is 0.667. The lowest BCUT2D eigenvalue weighted by molar-refractivity contribution is -0.135. The molecule has 0 aromatic heterocycles. The molecule has 2 heterocycles. The molecule has 0 radical (unpaired) electrons. The van der Waals surface area contributed by atoms with E-state index in [0.717, 1.165) is 25.9 Å². The van der Waals surface area contributed by atoms with Crippen molar-refractivity contribution in [2.24, 2.45) is 0 Å². The first-order chi connectivity index (χ1) is 7.18. The summed E-state index contributed by atoms with van der Waals surface area (Å²) in [4.78, 5) is 26.4. The summed E-state index contributed by atoms with van der Waals surface area (Å²) in [6, 6.07) is 0. The number of rotatable bonds is 2. The Labute approximate surface area is 98.0 Å². The van der Waals surface area contributed by atoms with Gasteiger partial charge in [-0.2, -0.15) is 0 Å². The van der Waals surface area contributed by atoms with E-state index in [1.165, 1.54) is 16.7 Å². The highest BCUT2D eigenvalue weighted by Crippen LogP contribution is 2.19. The van der Waals surface area contributed by atoms with E-state index in [-0.39, 0.29) is 18.4 Å². The quantitative estimate of drug-likeness (QED) is 0.662. The molecule has 0 spiro atoms. The molecule has 2 amide bonds. The van der Waals surface area contributed by atoms with Gasteiger partial charge >= 0.3 is 0 Å². The third-order valence-electron chi connectivity index (χ3n) is 2.59. The number of thiocarbonyl (C=S) groups is 1. The van der Waals surface area contributed by atoms with Crippen LogP contribution in [-0.4, -0.2) is 51.3 Å². The molecule has 0 N–H and O–H groups in total. The maximum absolute atomic E-state index is 11.8. The van der Waals surface area contributed by atoms with Crippen molar-refractivity contribution >= 4 is 40.1 Å². The highest BCUT2D eigenvalue weighted by molar-refractivity contribution is 8.23. The van der Waals surface area contributed by atoms with Crippen LogP contribution < -0.4 is 0 Å². The third-order valence-corrected chi connectivity index (χ3v) is 4.03. The lowest BCUT2D eigenvalue weighted by Crippen LogP contribution is -2.40. The zero-order chi connectivity index (χ0) is 10.8. The van der Waals surface area contributed by atoms with Gasteiger partial charge in [0.15, 0.2) is 0 Å². The molecule has 4 nitrogen and oxygen atoms in total. The van der Waals surface area contributed by atoms with E-state index >= 15 is 0 Å². The molecule has 6 heteroatoms. The van der Waals surface area contributed by atoms with E-state index < -0.39 is 0 Å². The highest BCUT2D eigenvalue weighted by atomic mass is 32.2. The van der Waals surface area contributed by atoms with Crippen molar-refractivity contribution in [3.63, 3.8) is 0 Å². The standard InChI is InChI=1S/C9H12N2O2S2/c12-7(10-3-1-2-4-10)5-11-8(13)6-15-9(11)14/h1-6H2. The third kappa shape index (κ3) is 2.31. The maximum atomic E-state index is 11.8. The second-order valence-corrected chi connectivity index (χ2v) is 5.23. The van der Waals surface area contributed by atoms with Crippen molar-refractivity contribution in [3.05, 3.63) is 0 Å². The molecule has 0 saturated carbocycles. The molecular weight excluding hydrogens is 232 g/mol. The molecule has 82 valence electrons. The Morgan fingerprint density at radius 1 is 1.40 bits per heavy atom. The number of thioether (sulfide) groups is 1. The van der Waals surface area contributed by atoms with Crippen LogP contribution in [-0.2, 0) is 9.59 Å². The molecule has 2 aliphatic heterocycles. The van der Waals surface area contributed by atoms with E-state index in [0.29, 0.717) is 10.1 Å². The summed E-state index contributed by atoms with van der Waals surface area (Å²) in [6.45, 7) is 1.77. The van der Waals surface area contributed by atoms with E-state index in [9.17, 15) is 9.59 Å². The average molecular weight is 244 g/mol. The molecular formula is C9H12N2O2S2. The van der Waals surface area contributed by atoms with Crippen LogP contribution in [0.15, 0.2) is 0 Å².